The van der Waals surface area contributed by atoms with E-state index < -0.39 is 0 Å². The standard InChI is InChI=1S/C15H20O2Se/c1-2-17-15(16)12-8-10-14(11-9-12)18-13-6-4-3-5-7-13/h3-7,12,14H,2,8-11H2,1H3. The maximum absolute atomic E-state index is 11.6. The first-order valence-corrected chi connectivity index (χ1v) is 8.52. The van der Waals surface area contributed by atoms with Crippen molar-refractivity contribution in [3.8, 4) is 0 Å². The summed E-state index contributed by atoms with van der Waals surface area (Å²) in [6.45, 7) is 2.38. The minimum atomic E-state index is 0.0168. The van der Waals surface area contributed by atoms with E-state index >= 15 is 0 Å². The van der Waals surface area contributed by atoms with Gasteiger partial charge in [0.15, 0.2) is 0 Å². The van der Waals surface area contributed by atoms with E-state index in [1.807, 2.05) is 6.92 Å². The number of ether oxygens (including phenoxy) is 1. The van der Waals surface area contributed by atoms with Gasteiger partial charge in [0.05, 0.1) is 0 Å². The van der Waals surface area contributed by atoms with Gasteiger partial charge in [-0.3, -0.25) is 0 Å². The van der Waals surface area contributed by atoms with Crippen molar-refractivity contribution >= 4 is 25.4 Å². The summed E-state index contributed by atoms with van der Waals surface area (Å²) in [5.74, 6) is 0.177. The van der Waals surface area contributed by atoms with E-state index in [4.69, 9.17) is 4.74 Å². The minimum absolute atomic E-state index is 0.0168. The van der Waals surface area contributed by atoms with Crippen LogP contribution in [0.2, 0.25) is 4.82 Å². The number of carbonyl (C=O) groups is 1. The van der Waals surface area contributed by atoms with Gasteiger partial charge >= 0.3 is 115 Å². The zero-order valence-corrected chi connectivity index (χ0v) is 12.5. The van der Waals surface area contributed by atoms with Gasteiger partial charge in [-0.2, -0.15) is 0 Å². The average molecular weight is 311 g/mol. The molecule has 98 valence electrons. The van der Waals surface area contributed by atoms with Crippen LogP contribution in [0.1, 0.15) is 32.6 Å². The van der Waals surface area contributed by atoms with Gasteiger partial charge in [0.25, 0.3) is 0 Å². The summed E-state index contributed by atoms with van der Waals surface area (Å²) in [5.41, 5.74) is 0. The topological polar surface area (TPSA) is 26.3 Å². The van der Waals surface area contributed by atoms with Crippen LogP contribution in [0.5, 0.6) is 0 Å². The van der Waals surface area contributed by atoms with Crippen molar-refractivity contribution in [2.75, 3.05) is 6.61 Å². The van der Waals surface area contributed by atoms with Gasteiger partial charge in [0, 0.05) is 0 Å². The molecule has 18 heavy (non-hydrogen) atoms. The first-order valence-electron chi connectivity index (χ1n) is 6.68. The Morgan fingerprint density at radius 2 is 1.89 bits per heavy atom. The molecule has 0 spiro atoms. The molecule has 1 aliphatic rings. The molecule has 2 rings (SSSR count). The molecule has 0 bridgehead atoms. The van der Waals surface area contributed by atoms with Crippen LogP contribution in [0.25, 0.3) is 0 Å². The predicted molar refractivity (Wildman–Crippen MR) is 74.2 cm³/mol. The fourth-order valence-corrected chi connectivity index (χ4v) is 4.90. The third-order valence-corrected chi connectivity index (χ3v) is 6.17. The molecule has 1 saturated carbocycles. The van der Waals surface area contributed by atoms with Crippen LogP contribution < -0.4 is 4.46 Å². The van der Waals surface area contributed by atoms with Crippen molar-refractivity contribution in [3.63, 3.8) is 0 Å². The second-order valence-electron chi connectivity index (χ2n) is 4.66. The molecule has 1 aromatic rings. The van der Waals surface area contributed by atoms with Crippen LogP contribution in [0, 0.1) is 5.92 Å². The van der Waals surface area contributed by atoms with Crippen molar-refractivity contribution in [3.05, 3.63) is 30.3 Å². The van der Waals surface area contributed by atoms with Crippen molar-refractivity contribution in [2.24, 2.45) is 5.92 Å². The SMILES string of the molecule is CCOC(=O)C1CCC([Se]c2ccccc2)CC1. The van der Waals surface area contributed by atoms with Crippen molar-refractivity contribution < 1.29 is 9.53 Å². The molecule has 2 nitrogen and oxygen atoms in total. The first kappa shape index (κ1) is 13.6. The molecular formula is C15H20O2Se. The van der Waals surface area contributed by atoms with Crippen LogP contribution in [0.4, 0.5) is 0 Å². The van der Waals surface area contributed by atoms with Crippen LogP contribution in [-0.2, 0) is 9.53 Å². The number of rotatable bonds is 4. The van der Waals surface area contributed by atoms with Crippen LogP contribution >= 0.6 is 0 Å². The molecule has 1 aromatic carbocycles. The summed E-state index contributed by atoms with van der Waals surface area (Å²) in [5, 5.41) is 0. The molecule has 0 saturated heterocycles. The Labute approximate surface area is 115 Å². The number of hydrogen-bond donors (Lipinski definition) is 0. The zero-order chi connectivity index (χ0) is 12.8. The number of benzene rings is 1. The maximum atomic E-state index is 11.6. The van der Waals surface area contributed by atoms with E-state index in [0.717, 1.165) is 17.7 Å². The molecule has 1 fully saturated rings. The van der Waals surface area contributed by atoms with E-state index in [1.165, 1.54) is 17.3 Å². The molecule has 0 N–H and O–H groups in total. The molecule has 0 atom stereocenters. The summed E-state index contributed by atoms with van der Waals surface area (Å²) in [6.07, 6.45) is 4.38. The van der Waals surface area contributed by atoms with Gasteiger partial charge in [0.1, 0.15) is 0 Å². The number of carbonyl (C=O) groups excluding carboxylic acids is 1. The van der Waals surface area contributed by atoms with Crippen LogP contribution in [0.15, 0.2) is 30.3 Å². The third kappa shape index (κ3) is 3.86. The molecule has 0 heterocycles. The molecular weight excluding hydrogens is 291 g/mol. The molecule has 0 unspecified atom stereocenters. The first-order chi connectivity index (χ1) is 8.79. The zero-order valence-electron chi connectivity index (χ0n) is 10.8. The number of hydrogen-bond acceptors (Lipinski definition) is 2. The van der Waals surface area contributed by atoms with Gasteiger partial charge in [-0.25, -0.2) is 0 Å². The Balaban J connectivity index is 1.78. The molecule has 0 aliphatic heterocycles. The van der Waals surface area contributed by atoms with E-state index in [2.05, 4.69) is 30.3 Å². The molecule has 1 aliphatic carbocycles. The van der Waals surface area contributed by atoms with Crippen molar-refractivity contribution in [1.29, 1.82) is 0 Å². The summed E-state index contributed by atoms with van der Waals surface area (Å²) in [7, 11) is 0. The Bertz CT molecular complexity index is 369. The third-order valence-electron chi connectivity index (χ3n) is 3.34. The van der Waals surface area contributed by atoms with E-state index in [1.54, 1.807) is 0 Å². The Hall–Kier alpha value is -0.791. The van der Waals surface area contributed by atoms with E-state index in [-0.39, 0.29) is 11.9 Å². The second kappa shape index (κ2) is 6.96. The fraction of sp³-hybridized carbons (Fsp3) is 0.533. The number of esters is 1. The fourth-order valence-electron chi connectivity index (χ4n) is 2.37. The second-order valence-corrected chi connectivity index (χ2v) is 7.54. The quantitative estimate of drug-likeness (QED) is 0.631. The van der Waals surface area contributed by atoms with Gasteiger partial charge in [-0.15, -0.1) is 0 Å². The van der Waals surface area contributed by atoms with Gasteiger partial charge < -0.3 is 0 Å². The summed E-state index contributed by atoms with van der Waals surface area (Å²) < 4.78 is 6.58. The summed E-state index contributed by atoms with van der Waals surface area (Å²) in [4.78, 5) is 12.4. The Morgan fingerprint density at radius 1 is 1.22 bits per heavy atom. The van der Waals surface area contributed by atoms with Gasteiger partial charge in [-0.1, -0.05) is 0 Å². The van der Waals surface area contributed by atoms with Crippen molar-refractivity contribution in [2.45, 2.75) is 37.4 Å². The Morgan fingerprint density at radius 3 is 2.50 bits per heavy atom. The van der Waals surface area contributed by atoms with Gasteiger partial charge in [-0.05, 0) is 0 Å². The molecule has 0 radical (unpaired) electrons. The monoisotopic (exact) mass is 312 g/mol. The predicted octanol–water partition coefficient (Wildman–Crippen LogP) is 2.56. The van der Waals surface area contributed by atoms with Gasteiger partial charge in [0.2, 0.25) is 0 Å². The van der Waals surface area contributed by atoms with E-state index in [9.17, 15) is 4.79 Å². The summed E-state index contributed by atoms with van der Waals surface area (Å²) >= 11 is 0.556. The molecule has 0 amide bonds. The van der Waals surface area contributed by atoms with Crippen molar-refractivity contribution in [1.82, 2.24) is 0 Å². The molecule has 3 heteroatoms. The van der Waals surface area contributed by atoms with Crippen LogP contribution in [-0.4, -0.2) is 27.5 Å². The summed E-state index contributed by atoms with van der Waals surface area (Å²) in [6, 6.07) is 10.7. The normalized spacial score (nSPS) is 23.6. The van der Waals surface area contributed by atoms with Crippen LogP contribution in [0.3, 0.4) is 0 Å². The molecule has 0 aromatic heterocycles. The Kier molecular flexibility index (Phi) is 5.27. The average Bonchev–Trinajstić information content (AvgIpc) is 2.41. The van der Waals surface area contributed by atoms with E-state index in [0.29, 0.717) is 21.6 Å².